The Kier molecular flexibility index (Phi) is 32.9. The van der Waals surface area contributed by atoms with Crippen LogP contribution in [0.1, 0.15) is 98.0 Å². The summed E-state index contributed by atoms with van der Waals surface area (Å²) < 4.78 is 118. The summed E-state index contributed by atoms with van der Waals surface area (Å²) in [4.78, 5) is 205. The molecule has 0 saturated carbocycles. The van der Waals surface area contributed by atoms with Crippen LogP contribution in [0.4, 0.5) is 4.79 Å². The zero-order valence-electron chi connectivity index (χ0n) is 61.1. The number of esters is 13. The highest BCUT2D eigenvalue weighted by atomic mass is 28.3. The predicted molar refractivity (Wildman–Crippen MR) is 352 cm³/mol. The van der Waals surface area contributed by atoms with E-state index in [0.717, 1.165) is 83.5 Å². The molecule has 2 aromatic carbocycles. The molecule has 3 aliphatic heterocycles. The molecule has 0 bridgehead atoms. The molecule has 0 aliphatic carbocycles. The van der Waals surface area contributed by atoms with Crippen LogP contribution in [0.3, 0.4) is 0 Å². The van der Waals surface area contributed by atoms with Crippen molar-refractivity contribution in [2.24, 2.45) is 0 Å². The van der Waals surface area contributed by atoms with E-state index in [9.17, 15) is 62.3 Å². The lowest BCUT2D eigenvalue weighted by Gasteiger charge is -2.53. The van der Waals surface area contributed by atoms with Crippen LogP contribution in [0.25, 0.3) is 0 Å². The molecule has 2 N–H and O–H groups in total. The van der Waals surface area contributed by atoms with Crippen LogP contribution in [-0.4, -0.2) is 248 Å². The maximum atomic E-state index is 15.5. The van der Waals surface area contributed by atoms with E-state index in [0.29, 0.717) is 11.6 Å². The lowest BCUT2D eigenvalue weighted by atomic mass is 9.86. The van der Waals surface area contributed by atoms with Gasteiger partial charge in [-0.3, -0.25) is 52.7 Å². The quantitative estimate of drug-likeness (QED) is 0.0575. The highest BCUT2D eigenvalue weighted by Crippen LogP contribution is 2.44. The van der Waals surface area contributed by atoms with Crippen molar-refractivity contribution < 1.29 is 167 Å². The summed E-state index contributed by atoms with van der Waals surface area (Å²) in [5.74, 6) is -23.3. The highest BCUT2D eigenvalue weighted by Gasteiger charge is 2.66. The van der Waals surface area contributed by atoms with E-state index >= 15 is 9.59 Å². The molecule has 37 nitrogen and oxygen atoms in total. The molecule has 5 rings (SSSR count). The molecule has 2 amide bonds. The van der Waals surface area contributed by atoms with Crippen molar-refractivity contribution in [1.82, 2.24) is 10.6 Å². The third-order valence-corrected chi connectivity index (χ3v) is 17.3. The number of alkyl carbamates (subject to hydrolysis) is 1. The van der Waals surface area contributed by atoms with Gasteiger partial charge in [0.25, 0.3) is 17.5 Å². The smallest absolute Gasteiger partial charge is 0.407 e. The van der Waals surface area contributed by atoms with Gasteiger partial charge in [-0.15, -0.1) is 0 Å². The lowest BCUT2D eigenvalue weighted by Crippen LogP contribution is -2.73. The number of benzene rings is 2. The monoisotopic (exact) mass is 1520 g/mol. The molecule has 2 aromatic rings. The minimum atomic E-state index is -3.40. The van der Waals surface area contributed by atoms with Gasteiger partial charge in [0, 0.05) is 90.3 Å². The Bertz CT molecular complexity index is 3440. The van der Waals surface area contributed by atoms with Crippen LogP contribution >= 0.6 is 0 Å². The van der Waals surface area contributed by atoms with Gasteiger partial charge in [0.05, 0.1) is 51.0 Å². The van der Waals surface area contributed by atoms with Crippen molar-refractivity contribution in [3.63, 3.8) is 0 Å². The normalized spacial score (nSPS) is 25.1. The molecule has 0 radical (unpaired) electrons. The SMILES string of the molecule is COC(=O)[C@@]1(O[C@H]2C[C@](OC[C@H]3O[C@@H](OCC[Si](C)(C)C)[C@H](OC(C)=O)[C@@H](OC(C)=O)[C@@H]3OC(C)=O)(C(=O)OC)O[C@@H]([C@H](OC(C)=O)[C@@H](COC(=O)c3ccccc3)OC(C)=O)[C@@H]2NC(=O)OCc2ccccc2)C[C@H](OC(C)=O)[C@@H](NC(=O)COC(C)=O)[C@H]([C@H](OC(C)=O)[C@@H](COC(C)=O)OC(C)=O)O1. The topological polar surface area (TPSA) is 465 Å². The molecule has 0 spiro atoms. The van der Waals surface area contributed by atoms with E-state index in [1.54, 1.807) is 36.4 Å². The van der Waals surface area contributed by atoms with Gasteiger partial charge in [-0.2, -0.15) is 0 Å². The van der Waals surface area contributed by atoms with Crippen LogP contribution in [-0.2, 0) is 164 Å². The molecule has 586 valence electrons. The first kappa shape index (κ1) is 86.9. The number of rotatable bonds is 34. The second kappa shape index (κ2) is 40.1. The predicted octanol–water partition coefficient (Wildman–Crippen LogP) is 2.00. The number of carbonyl (C=O) groups is 15. The summed E-state index contributed by atoms with van der Waals surface area (Å²) in [6.07, 6.45) is -31.2. The molecular weight excluding hydrogens is 1430 g/mol. The fraction of sp³-hybridized carbons (Fsp3) is 0.603. The van der Waals surface area contributed by atoms with Crippen LogP contribution in [0.2, 0.25) is 25.7 Å². The molecular formula is C68H90N2O35Si. The Morgan fingerprint density at radius 1 is 0.509 bits per heavy atom. The van der Waals surface area contributed by atoms with Crippen LogP contribution in [0.5, 0.6) is 0 Å². The molecule has 106 heavy (non-hydrogen) atoms. The number of methoxy groups -OCH3 is 2. The Hall–Kier alpha value is -9.73. The summed E-state index contributed by atoms with van der Waals surface area (Å²) >= 11 is 0. The summed E-state index contributed by atoms with van der Waals surface area (Å²) in [5.41, 5.74) is 0.313. The first-order valence-corrected chi connectivity index (χ1v) is 36.7. The third kappa shape index (κ3) is 26.4. The standard InChI is InChI=1S/C68H90N2O35Si/c1-35(71)89-31-49(95-38(4)74)55(97-40(6)76)58-53(69-52(81)34-90-36(2)72)47(94-37(3)73)28-68(105-58,65(84)87-12)103-48-29-67(64(83)86-11,93-33-51-57(99-42(8)78)60(100-43(9)79)61(101-44(10)80)63(102-51)88-26-27-106(13,14)15)104-59(54(48)70-66(85)92-30-45-22-18-16-19-23-45)56(98-41(7)77)50(96-39(5)75)32-91-62(82)46-24-20-17-21-25-46/h16-25,47-51,53-61,63H,26-34H2,1-15H3,(H,69,81)(H,70,85)/t47-,48-,49+,50+,51+,53+,54+,55+,56+,57+,58+,59+,60-,61+,63+,67+,68+/m0/s1. The summed E-state index contributed by atoms with van der Waals surface area (Å²) in [5, 5.41) is 4.97. The van der Waals surface area contributed by atoms with Crippen molar-refractivity contribution in [3.05, 3.63) is 71.8 Å². The number of hydrogen-bond acceptors (Lipinski definition) is 35. The number of amides is 2. The third-order valence-electron chi connectivity index (χ3n) is 15.6. The van der Waals surface area contributed by atoms with Gasteiger partial charge in [0.2, 0.25) is 0 Å². The number of ether oxygens (including phenoxy) is 20. The fourth-order valence-electron chi connectivity index (χ4n) is 11.4. The first-order chi connectivity index (χ1) is 49.8. The van der Waals surface area contributed by atoms with Gasteiger partial charge < -0.3 is 105 Å². The van der Waals surface area contributed by atoms with E-state index in [2.05, 4.69) is 10.6 Å². The van der Waals surface area contributed by atoms with E-state index in [-0.39, 0.29) is 12.2 Å². The largest absolute Gasteiger partial charge is 0.465 e. The Morgan fingerprint density at radius 3 is 1.48 bits per heavy atom. The number of hydrogen-bond donors (Lipinski definition) is 2. The molecule has 17 atom stereocenters. The molecule has 3 aliphatic rings. The van der Waals surface area contributed by atoms with Crippen molar-refractivity contribution in [2.45, 2.75) is 218 Å². The summed E-state index contributed by atoms with van der Waals surface area (Å²) in [6, 6.07) is 11.4. The first-order valence-electron chi connectivity index (χ1n) is 33.0. The van der Waals surface area contributed by atoms with Crippen LogP contribution in [0.15, 0.2) is 60.7 Å². The Labute approximate surface area is 609 Å². The maximum absolute atomic E-state index is 15.5. The molecule has 0 aromatic heterocycles. The number of nitrogens with one attached hydrogen (secondary N) is 2. The van der Waals surface area contributed by atoms with Gasteiger partial charge >= 0.3 is 83.7 Å². The van der Waals surface area contributed by atoms with E-state index in [1.807, 2.05) is 19.6 Å². The van der Waals surface area contributed by atoms with Gasteiger partial charge in [0.1, 0.15) is 44.2 Å². The maximum Gasteiger partial charge on any atom is 0.407 e. The van der Waals surface area contributed by atoms with Gasteiger partial charge in [-0.05, 0) is 23.7 Å². The Morgan fingerprint density at radius 2 is 0.981 bits per heavy atom. The molecule has 3 saturated heterocycles. The minimum absolute atomic E-state index is 0.0660. The Balaban J connectivity index is 1.97. The fourth-order valence-corrected chi connectivity index (χ4v) is 12.1. The summed E-state index contributed by atoms with van der Waals surface area (Å²) in [7, 11) is -0.398. The number of carbonyl (C=O) groups excluding carboxylic acids is 15. The highest BCUT2D eigenvalue weighted by molar-refractivity contribution is 6.76. The second-order valence-electron chi connectivity index (χ2n) is 25.4. The second-order valence-corrected chi connectivity index (χ2v) is 31.1. The average molecular weight is 1520 g/mol. The van der Waals surface area contributed by atoms with E-state index < -0.39 is 247 Å². The zero-order chi connectivity index (χ0) is 79.0. The van der Waals surface area contributed by atoms with Crippen LogP contribution < -0.4 is 10.6 Å². The molecule has 38 heteroatoms. The molecule has 3 heterocycles. The molecule has 0 unspecified atom stereocenters. The summed E-state index contributed by atoms with van der Waals surface area (Å²) in [6.45, 7) is 10.2. The van der Waals surface area contributed by atoms with E-state index in [1.165, 1.54) is 24.3 Å². The zero-order valence-corrected chi connectivity index (χ0v) is 62.1. The minimum Gasteiger partial charge on any atom is -0.465 e. The van der Waals surface area contributed by atoms with Crippen molar-refractivity contribution in [3.8, 4) is 0 Å². The van der Waals surface area contributed by atoms with Crippen LogP contribution in [0, 0.1) is 0 Å². The van der Waals surface area contributed by atoms with Gasteiger partial charge in [-0.1, -0.05) is 68.2 Å². The molecule has 3 fully saturated rings. The lowest BCUT2D eigenvalue weighted by molar-refractivity contribution is -0.366. The van der Waals surface area contributed by atoms with Gasteiger partial charge in [-0.25, -0.2) is 19.2 Å². The van der Waals surface area contributed by atoms with E-state index in [4.69, 9.17) is 94.7 Å². The van der Waals surface area contributed by atoms with Crippen molar-refractivity contribution in [1.29, 1.82) is 0 Å². The van der Waals surface area contributed by atoms with Crippen molar-refractivity contribution in [2.75, 3.05) is 47.3 Å². The van der Waals surface area contributed by atoms with Gasteiger partial charge in [0.15, 0.2) is 55.6 Å². The average Bonchev–Trinajstić information content (AvgIpc) is 0.738. The van der Waals surface area contributed by atoms with Crippen molar-refractivity contribution >= 4 is 97.7 Å².